The molecule has 11 N–H and O–H groups in total. The molecule has 3 saturated carbocycles. The first-order valence-electron chi connectivity index (χ1n) is 26.3. The van der Waals surface area contributed by atoms with E-state index in [9.17, 15) is 67.8 Å². The normalized spacial score (nSPS) is 31.9. The molecule has 4 fully saturated rings. The smallest absolute Gasteiger partial charge is 0.392 e. The Morgan fingerprint density at radius 1 is 0.974 bits per heavy atom. The summed E-state index contributed by atoms with van der Waals surface area (Å²) in [4.78, 5) is 102. The van der Waals surface area contributed by atoms with Gasteiger partial charge in [-0.15, -0.1) is 0 Å². The highest BCUT2D eigenvalue weighted by Crippen LogP contribution is 2.68. The molecule has 0 radical (unpaired) electrons. The molecule has 78 heavy (non-hydrogen) atoms. The zero-order valence-electron chi connectivity index (χ0n) is 44.6. The van der Waals surface area contributed by atoms with Gasteiger partial charge in [-0.05, 0) is 91.4 Å². The van der Waals surface area contributed by atoms with E-state index in [0.717, 1.165) is 85.9 Å². The van der Waals surface area contributed by atoms with Gasteiger partial charge in [0.25, 0.3) is 0 Å². The van der Waals surface area contributed by atoms with Gasteiger partial charge in [-0.2, -0.15) is 4.31 Å². The Morgan fingerprint density at radius 3 is 2.41 bits per heavy atom. The molecule has 0 spiro atoms. The molecule has 16 atom stereocenters. The minimum atomic E-state index is -5.60. The summed E-state index contributed by atoms with van der Waals surface area (Å²) in [5, 5.41) is 38.4. The molecule has 0 aromatic carbocycles. The summed E-state index contributed by atoms with van der Waals surface area (Å²) < 4.78 is 62.8. The minimum Gasteiger partial charge on any atom is -0.392 e. The highest BCUT2D eigenvalue weighted by Gasteiger charge is 2.62. The number of phosphoric acid groups is 3. The van der Waals surface area contributed by atoms with Gasteiger partial charge in [0, 0.05) is 43.0 Å². The van der Waals surface area contributed by atoms with Crippen molar-refractivity contribution in [3.8, 4) is 0 Å². The molecular formula is C48H76N7O19P3S. The molecule has 1 saturated heterocycles. The van der Waals surface area contributed by atoms with Gasteiger partial charge >= 0.3 is 23.5 Å². The minimum absolute atomic E-state index is 0.00300. The number of aliphatic hydroxyl groups excluding tert-OH is 3. The third-order valence-electron chi connectivity index (χ3n) is 17.2. The Hall–Kier alpha value is -3.07. The molecule has 26 nitrogen and oxygen atoms in total. The number of imidazole rings is 1. The van der Waals surface area contributed by atoms with Crippen molar-refractivity contribution in [2.24, 2.45) is 51.8 Å². The maximum Gasteiger partial charge on any atom is 0.481 e. The Balaban J connectivity index is 0.766. The van der Waals surface area contributed by atoms with Crippen LogP contribution in [0.3, 0.4) is 0 Å². The number of ketones is 1. The van der Waals surface area contributed by atoms with Gasteiger partial charge in [-0.3, -0.25) is 37.3 Å². The molecule has 438 valence electrons. The number of aromatic nitrogens is 4. The molecule has 4 aliphatic carbocycles. The van der Waals surface area contributed by atoms with Crippen molar-refractivity contribution in [3.05, 3.63) is 24.3 Å². The van der Waals surface area contributed by atoms with E-state index in [1.54, 1.807) is 0 Å². The van der Waals surface area contributed by atoms with Crippen molar-refractivity contribution >= 4 is 74.9 Å². The summed E-state index contributed by atoms with van der Waals surface area (Å²) in [5.41, 5.74) is 5.58. The van der Waals surface area contributed by atoms with Crippen LogP contribution in [0, 0.1) is 51.8 Å². The lowest BCUT2D eigenvalue weighted by Gasteiger charge is -2.60. The molecule has 2 aromatic heterocycles. The number of carbonyl (C=O) groups is 4. The van der Waals surface area contributed by atoms with E-state index in [1.165, 1.54) is 13.8 Å². The number of nitrogens with zero attached hydrogens (tertiary/aromatic N) is 4. The number of nitrogen functional groups attached to an aromatic ring is 1. The number of anilines is 1. The third kappa shape index (κ3) is 14.4. The fourth-order valence-corrected chi connectivity index (χ4v) is 16.6. The van der Waals surface area contributed by atoms with Crippen molar-refractivity contribution in [3.63, 3.8) is 0 Å². The highest BCUT2D eigenvalue weighted by atomic mass is 32.2. The number of nitrogens with two attached hydrogens (primary N) is 1. The monoisotopic (exact) mass is 1180 g/mol. The fraction of sp³-hybridized carbons (Fsp3) is 0.771. The van der Waals surface area contributed by atoms with Crippen molar-refractivity contribution in [2.45, 2.75) is 149 Å². The fourth-order valence-electron chi connectivity index (χ4n) is 13.0. The molecule has 3 heterocycles. The average molecular weight is 1180 g/mol. The van der Waals surface area contributed by atoms with Crippen LogP contribution in [-0.2, 0) is 55.5 Å². The number of phosphoric ester groups is 3. The van der Waals surface area contributed by atoms with E-state index in [1.807, 2.05) is 13.0 Å². The van der Waals surface area contributed by atoms with Crippen molar-refractivity contribution in [2.75, 3.05) is 37.8 Å². The molecular weight excluding hydrogens is 1100 g/mol. The van der Waals surface area contributed by atoms with E-state index in [0.29, 0.717) is 42.3 Å². The Bertz CT molecular complexity index is 2710. The Morgan fingerprint density at radius 2 is 1.69 bits per heavy atom. The van der Waals surface area contributed by atoms with Gasteiger partial charge in [0.15, 0.2) is 28.6 Å². The predicted octanol–water partition coefficient (Wildman–Crippen LogP) is 4.23. The van der Waals surface area contributed by atoms with Crippen LogP contribution in [0.4, 0.5) is 5.82 Å². The summed E-state index contributed by atoms with van der Waals surface area (Å²) in [6.07, 6.45) is 3.68. The number of thioether (sulfide) groups is 1. The van der Waals surface area contributed by atoms with Crippen molar-refractivity contribution in [1.29, 1.82) is 0 Å². The topological polar surface area (TPSA) is 401 Å². The van der Waals surface area contributed by atoms with Crippen LogP contribution in [-0.4, -0.2) is 140 Å². The van der Waals surface area contributed by atoms with E-state index >= 15 is 0 Å². The van der Waals surface area contributed by atoms with Crippen LogP contribution in [0.1, 0.15) is 118 Å². The maximum atomic E-state index is 13.0. The van der Waals surface area contributed by atoms with Crippen LogP contribution in [0.15, 0.2) is 24.3 Å². The number of ether oxygens (including phenoxy) is 1. The molecule has 2 aromatic rings. The number of rotatable bonds is 25. The first kappa shape index (κ1) is 62.5. The molecule has 1 aliphatic heterocycles. The molecule has 2 unspecified atom stereocenters. The van der Waals surface area contributed by atoms with Gasteiger partial charge in [0.1, 0.15) is 36.3 Å². The summed E-state index contributed by atoms with van der Waals surface area (Å²) in [6.45, 7) is 9.53. The molecule has 7 rings (SSSR count). The zero-order chi connectivity index (χ0) is 57.3. The van der Waals surface area contributed by atoms with Gasteiger partial charge in [-0.1, -0.05) is 71.7 Å². The second-order valence-corrected chi connectivity index (χ2v) is 28.2. The lowest BCUT2D eigenvalue weighted by Crippen LogP contribution is -2.55. The van der Waals surface area contributed by atoms with Gasteiger partial charge < -0.3 is 56.0 Å². The summed E-state index contributed by atoms with van der Waals surface area (Å²) in [5.74, 6) is 1.06. The maximum absolute atomic E-state index is 13.0. The summed E-state index contributed by atoms with van der Waals surface area (Å²) in [6, 6.07) is 0. The molecule has 5 aliphatic rings. The molecule has 30 heteroatoms. The number of nitrogens with one attached hydrogen (secondary N) is 2. The van der Waals surface area contributed by atoms with Crippen molar-refractivity contribution in [1.82, 2.24) is 30.2 Å². The second kappa shape index (κ2) is 24.8. The van der Waals surface area contributed by atoms with Crippen LogP contribution >= 0.6 is 35.2 Å². The highest BCUT2D eigenvalue weighted by molar-refractivity contribution is 8.13. The number of hydrogen-bond donors (Lipinski definition) is 10. The van der Waals surface area contributed by atoms with Crippen LogP contribution in [0.25, 0.3) is 11.2 Å². The molecule has 2 amide bonds. The quantitative estimate of drug-likeness (QED) is 0.0491. The van der Waals surface area contributed by atoms with E-state index < -0.39 is 90.7 Å². The largest absolute Gasteiger partial charge is 0.481 e. The van der Waals surface area contributed by atoms with E-state index in [-0.39, 0.29) is 70.1 Å². The lowest BCUT2D eigenvalue weighted by atomic mass is 9.45. The predicted molar refractivity (Wildman–Crippen MR) is 281 cm³/mol. The van der Waals surface area contributed by atoms with Gasteiger partial charge in [-0.25, -0.2) is 28.6 Å². The number of amides is 2. The summed E-state index contributed by atoms with van der Waals surface area (Å²) in [7, 11) is -16.5. The standard InChI is InChI=1S/C48H76N7O19P3S/c1-26(30-10-11-31-36-32(13-16-48(30,31)6)47(5)15-12-29(56)20-28(47)21-33(36)57)8-7-9-27(2)45(62)78-19-18-50-35(58)14-17-51-43(61)40(60)46(3,4)23-71-77(68,69)74-76(66,67)70-22-34-39(73-75(63,64)65)38(59)44(72-34)55-25-54-37-41(49)52-24-53-42(37)55/h20,24-27,30-34,36,38-40,44,57,59-60H,7-19,21-23H2,1-6H3,(H,50,58)(H,51,61)(H,66,67)(H,68,69)(H2,49,52,53)(H2,63,64,65)/t26-,27+,30-,31+,32+,33-,34-,36+,38-,39-,40+,44-,47+,48-/m1/s1. The number of carbonyl (C=O) groups excluding carboxylic acids is 4. The van der Waals surface area contributed by atoms with Crippen LogP contribution in [0.5, 0.6) is 0 Å². The van der Waals surface area contributed by atoms with Crippen LogP contribution in [0.2, 0.25) is 0 Å². The average Bonchev–Trinajstić information content (AvgIpc) is 4.22. The Kier molecular flexibility index (Phi) is 19.9. The molecule has 0 bridgehead atoms. The number of aliphatic hydroxyl groups is 3. The van der Waals surface area contributed by atoms with Gasteiger partial charge in [0.2, 0.25) is 11.8 Å². The SMILES string of the molecule is C[C@H](CCC[C@H](C)C(=O)SCCNC(=O)CCNC(=O)[C@H](O)C(C)(C)COP(=O)(O)OP(=O)(O)OC[C@H]1O[C@@H](n2cnc3c(N)ncnc32)[C@H](O)[C@@H]1OP(=O)(O)O)[C@H]1CC[C@H]2[C@@H]3[C@H](O)CC4=CC(=O)CC[C@]4(C)[C@H]3CC[C@]12C. The van der Waals surface area contributed by atoms with E-state index in [2.05, 4.69) is 55.2 Å². The number of fused-ring (bicyclic) bond motifs is 6. The second-order valence-electron chi connectivity index (χ2n) is 22.9. The zero-order valence-corrected chi connectivity index (χ0v) is 48.1. The summed E-state index contributed by atoms with van der Waals surface area (Å²) >= 11 is 1.15. The van der Waals surface area contributed by atoms with Crippen LogP contribution < -0.4 is 16.4 Å². The first-order valence-corrected chi connectivity index (χ1v) is 31.8. The first-order chi connectivity index (χ1) is 36.4. The van der Waals surface area contributed by atoms with Crippen molar-refractivity contribution < 1.29 is 90.4 Å². The Labute approximate surface area is 456 Å². The number of hydrogen-bond acceptors (Lipinski definition) is 20. The lowest BCUT2D eigenvalue weighted by molar-refractivity contribution is -0.137. The van der Waals surface area contributed by atoms with E-state index in [4.69, 9.17) is 19.5 Å². The van der Waals surface area contributed by atoms with Gasteiger partial charge in [0.05, 0.1) is 25.6 Å². The third-order valence-corrected chi connectivity index (χ3v) is 21.4.